The summed E-state index contributed by atoms with van der Waals surface area (Å²) in [6.07, 6.45) is -0.419. The van der Waals surface area contributed by atoms with Crippen molar-refractivity contribution in [3.8, 4) is 5.75 Å². The molecule has 4 rings (SSSR count). The van der Waals surface area contributed by atoms with Crippen molar-refractivity contribution in [1.82, 2.24) is 0 Å². The van der Waals surface area contributed by atoms with Gasteiger partial charge in [-0.1, -0.05) is 23.9 Å². The number of para-hydroxylation sites is 2. The van der Waals surface area contributed by atoms with Crippen LogP contribution in [0.5, 0.6) is 5.75 Å². The molecule has 4 nitrogen and oxygen atoms in total. The van der Waals surface area contributed by atoms with Crippen LogP contribution in [-0.2, 0) is 4.74 Å². The summed E-state index contributed by atoms with van der Waals surface area (Å²) in [5, 5.41) is -0.596. The van der Waals surface area contributed by atoms with Gasteiger partial charge in [0.15, 0.2) is 6.10 Å². The summed E-state index contributed by atoms with van der Waals surface area (Å²) < 4.78 is 11.0. The Morgan fingerprint density at radius 2 is 2.33 bits per heavy atom. The van der Waals surface area contributed by atoms with Crippen molar-refractivity contribution in [1.29, 1.82) is 0 Å². The van der Waals surface area contributed by atoms with Gasteiger partial charge in [-0.15, -0.1) is 0 Å². The van der Waals surface area contributed by atoms with Crippen molar-refractivity contribution in [2.24, 2.45) is 0 Å². The lowest BCUT2D eigenvalue weighted by Gasteiger charge is -2.39. The first-order valence-electron chi connectivity index (χ1n) is 4.74. The fourth-order valence-corrected chi connectivity index (χ4v) is 3.36. The van der Waals surface area contributed by atoms with Crippen LogP contribution in [0.2, 0.25) is 0 Å². The Balaban J connectivity index is 1.93. The van der Waals surface area contributed by atoms with E-state index in [1.807, 2.05) is 24.3 Å². The highest BCUT2D eigenvalue weighted by Gasteiger charge is 2.68. The highest BCUT2D eigenvalue weighted by atomic mass is 32.2. The molecule has 3 aliphatic heterocycles. The number of nitrogens with zero attached hydrogens (tertiary/aromatic N) is 1. The number of carbonyl (C=O) groups is 1. The summed E-state index contributed by atoms with van der Waals surface area (Å²) in [4.78, 5) is 13.3. The molecule has 0 radical (unpaired) electrons. The van der Waals surface area contributed by atoms with Crippen molar-refractivity contribution >= 4 is 23.5 Å². The fourth-order valence-electron chi connectivity index (χ4n) is 2.21. The van der Waals surface area contributed by atoms with Crippen LogP contribution in [0.4, 0.5) is 10.5 Å². The first-order chi connectivity index (χ1) is 7.31. The minimum atomic E-state index is -0.596. The second kappa shape index (κ2) is 2.24. The lowest BCUT2D eigenvalue weighted by atomic mass is 10.3. The average Bonchev–Trinajstić information content (AvgIpc) is 2.68. The SMILES string of the molecule is O=C1OC2CSC23Oc2ccccc2N13. The Kier molecular flexibility index (Phi) is 1.18. The van der Waals surface area contributed by atoms with Crippen molar-refractivity contribution in [2.45, 2.75) is 11.2 Å². The van der Waals surface area contributed by atoms with Crippen LogP contribution in [-0.4, -0.2) is 23.0 Å². The monoisotopic (exact) mass is 221 g/mol. The molecule has 0 saturated carbocycles. The molecule has 0 aliphatic carbocycles. The number of hydrogen-bond donors (Lipinski definition) is 0. The molecule has 0 N–H and O–H groups in total. The van der Waals surface area contributed by atoms with E-state index < -0.39 is 5.06 Å². The number of hydrogen-bond acceptors (Lipinski definition) is 4. The van der Waals surface area contributed by atoms with Crippen LogP contribution in [0.3, 0.4) is 0 Å². The van der Waals surface area contributed by atoms with Crippen LogP contribution in [0.1, 0.15) is 0 Å². The van der Waals surface area contributed by atoms with Crippen LogP contribution < -0.4 is 9.64 Å². The fraction of sp³-hybridized carbons (Fsp3) is 0.300. The lowest BCUT2D eigenvalue weighted by molar-refractivity contribution is 0.0611. The number of thioether (sulfide) groups is 1. The molecule has 5 heteroatoms. The van der Waals surface area contributed by atoms with Gasteiger partial charge in [0.1, 0.15) is 5.75 Å². The second-order valence-corrected chi connectivity index (χ2v) is 4.93. The molecule has 1 spiro atoms. The van der Waals surface area contributed by atoms with E-state index >= 15 is 0 Å². The van der Waals surface area contributed by atoms with E-state index in [0.29, 0.717) is 0 Å². The quantitative estimate of drug-likeness (QED) is 0.669. The topological polar surface area (TPSA) is 38.8 Å². The van der Waals surface area contributed by atoms with E-state index in [2.05, 4.69) is 0 Å². The van der Waals surface area contributed by atoms with Crippen LogP contribution >= 0.6 is 11.8 Å². The van der Waals surface area contributed by atoms with E-state index in [4.69, 9.17) is 9.47 Å². The molecule has 3 aliphatic rings. The molecule has 0 bridgehead atoms. The lowest BCUT2D eigenvalue weighted by Crippen LogP contribution is -2.57. The largest absolute Gasteiger partial charge is 0.452 e. The van der Waals surface area contributed by atoms with Crippen molar-refractivity contribution in [3.05, 3.63) is 24.3 Å². The Morgan fingerprint density at radius 3 is 3.13 bits per heavy atom. The third-order valence-corrected chi connectivity index (χ3v) is 4.36. The first kappa shape index (κ1) is 7.87. The highest BCUT2D eigenvalue weighted by molar-refractivity contribution is 8.02. The number of carbonyl (C=O) groups excluding carboxylic acids is 1. The van der Waals surface area contributed by atoms with E-state index in [1.165, 1.54) is 0 Å². The van der Waals surface area contributed by atoms with Crippen LogP contribution in [0, 0.1) is 0 Å². The third-order valence-electron chi connectivity index (χ3n) is 2.95. The van der Waals surface area contributed by atoms with Gasteiger partial charge < -0.3 is 9.47 Å². The minimum Gasteiger partial charge on any atom is -0.452 e. The molecular formula is C10H7NO3S. The number of amides is 1. The van der Waals surface area contributed by atoms with Gasteiger partial charge in [0, 0.05) is 5.75 Å². The molecule has 2 unspecified atom stereocenters. The number of rotatable bonds is 0. The highest BCUT2D eigenvalue weighted by Crippen LogP contribution is 2.58. The molecule has 1 aromatic carbocycles. The zero-order chi connectivity index (χ0) is 10.0. The maximum absolute atomic E-state index is 11.7. The molecule has 0 aromatic heterocycles. The molecule has 76 valence electrons. The van der Waals surface area contributed by atoms with Gasteiger partial charge in [-0.2, -0.15) is 0 Å². The molecular weight excluding hydrogens is 214 g/mol. The molecule has 1 aromatic rings. The number of fused-ring (bicyclic) bond motifs is 2. The molecule has 1 amide bonds. The average molecular weight is 221 g/mol. The summed E-state index contributed by atoms with van der Waals surface area (Å²) >= 11 is 1.61. The van der Waals surface area contributed by atoms with E-state index in [-0.39, 0.29) is 12.2 Å². The Labute approximate surface area is 90.1 Å². The zero-order valence-corrected chi connectivity index (χ0v) is 8.49. The van der Waals surface area contributed by atoms with E-state index in [1.54, 1.807) is 16.7 Å². The number of benzene rings is 1. The van der Waals surface area contributed by atoms with Gasteiger partial charge in [-0.3, -0.25) is 0 Å². The molecule has 2 atom stereocenters. The molecule has 2 saturated heterocycles. The predicted molar refractivity (Wildman–Crippen MR) is 55.0 cm³/mol. The van der Waals surface area contributed by atoms with Crippen LogP contribution in [0.15, 0.2) is 24.3 Å². The zero-order valence-electron chi connectivity index (χ0n) is 7.67. The summed E-state index contributed by atoms with van der Waals surface area (Å²) in [6.45, 7) is 0. The van der Waals surface area contributed by atoms with Crippen LogP contribution in [0.25, 0.3) is 0 Å². The Bertz CT molecular complexity index is 477. The van der Waals surface area contributed by atoms with Gasteiger partial charge >= 0.3 is 6.09 Å². The first-order valence-corrected chi connectivity index (χ1v) is 5.73. The summed E-state index contributed by atoms with van der Waals surface area (Å²) in [5.41, 5.74) is 0.817. The number of ether oxygens (including phenoxy) is 2. The molecule has 3 heterocycles. The van der Waals surface area contributed by atoms with Crippen molar-refractivity contribution in [2.75, 3.05) is 10.7 Å². The van der Waals surface area contributed by atoms with Gasteiger partial charge in [0.2, 0.25) is 0 Å². The van der Waals surface area contributed by atoms with Crippen molar-refractivity contribution < 1.29 is 14.3 Å². The Morgan fingerprint density at radius 1 is 1.47 bits per heavy atom. The van der Waals surface area contributed by atoms with Gasteiger partial charge in [0.05, 0.1) is 5.69 Å². The maximum Gasteiger partial charge on any atom is 0.419 e. The number of anilines is 1. The normalized spacial score (nSPS) is 34.8. The van der Waals surface area contributed by atoms with Crippen molar-refractivity contribution in [3.63, 3.8) is 0 Å². The summed E-state index contributed by atoms with van der Waals surface area (Å²) in [6, 6.07) is 7.56. The smallest absolute Gasteiger partial charge is 0.419 e. The van der Waals surface area contributed by atoms with Gasteiger partial charge in [0.25, 0.3) is 5.06 Å². The standard InChI is InChI=1S/C10H7NO3S/c12-9-11-6-3-1-2-4-7(6)14-10(11)8(13-9)5-15-10/h1-4,8H,5H2. The second-order valence-electron chi connectivity index (χ2n) is 3.72. The summed E-state index contributed by atoms with van der Waals surface area (Å²) in [7, 11) is 0. The molecule has 15 heavy (non-hydrogen) atoms. The van der Waals surface area contributed by atoms with E-state index in [9.17, 15) is 4.79 Å². The van der Waals surface area contributed by atoms with Gasteiger partial charge in [-0.25, -0.2) is 9.69 Å². The third kappa shape index (κ3) is 0.718. The maximum atomic E-state index is 11.7. The Hall–Kier alpha value is -1.36. The van der Waals surface area contributed by atoms with Gasteiger partial charge in [-0.05, 0) is 12.1 Å². The molecule has 2 fully saturated rings. The minimum absolute atomic E-state index is 0.123. The summed E-state index contributed by atoms with van der Waals surface area (Å²) in [5.74, 6) is 1.59. The predicted octanol–water partition coefficient (Wildman–Crippen LogP) is 1.80. The van der Waals surface area contributed by atoms with E-state index in [0.717, 1.165) is 17.2 Å².